The SMILES string of the molecule is [C-]#[N+]CCOP(OCC(CC(C)CC)c1ccccc1)N(C(C)C)C(C)C. The second-order valence-corrected chi connectivity index (χ2v) is 9.13. The van der Waals surface area contributed by atoms with Crippen molar-refractivity contribution in [2.24, 2.45) is 5.92 Å². The lowest BCUT2D eigenvalue weighted by Crippen LogP contribution is -2.34. The molecular formula is C22H37N2O2P. The van der Waals surface area contributed by atoms with Crippen LogP contribution in [-0.4, -0.2) is 36.5 Å². The van der Waals surface area contributed by atoms with Crippen LogP contribution in [0.15, 0.2) is 30.3 Å². The maximum absolute atomic E-state index is 7.00. The first kappa shape index (κ1) is 24.1. The van der Waals surface area contributed by atoms with Crippen molar-refractivity contribution in [1.82, 2.24) is 4.67 Å². The third kappa shape index (κ3) is 8.71. The molecule has 0 amide bonds. The van der Waals surface area contributed by atoms with E-state index in [0.29, 0.717) is 43.7 Å². The zero-order chi connectivity index (χ0) is 20.2. The molecule has 152 valence electrons. The largest absolute Gasteiger partial charge is 0.321 e. The van der Waals surface area contributed by atoms with Crippen molar-refractivity contribution in [2.75, 3.05) is 19.8 Å². The Kier molecular flexibility index (Phi) is 11.8. The molecule has 0 spiro atoms. The second kappa shape index (κ2) is 13.2. The van der Waals surface area contributed by atoms with Gasteiger partial charge in [-0.1, -0.05) is 50.6 Å². The molecule has 0 aliphatic rings. The molecule has 0 heterocycles. The van der Waals surface area contributed by atoms with Crippen molar-refractivity contribution >= 4 is 8.53 Å². The van der Waals surface area contributed by atoms with E-state index in [1.807, 2.05) is 0 Å². The maximum Gasteiger partial charge on any atom is 0.259 e. The predicted molar refractivity (Wildman–Crippen MR) is 116 cm³/mol. The maximum atomic E-state index is 7.00. The van der Waals surface area contributed by atoms with Crippen LogP contribution in [0.2, 0.25) is 0 Å². The summed E-state index contributed by atoms with van der Waals surface area (Å²) in [6.45, 7) is 21.7. The van der Waals surface area contributed by atoms with Crippen LogP contribution >= 0.6 is 8.53 Å². The van der Waals surface area contributed by atoms with E-state index >= 15 is 0 Å². The van der Waals surface area contributed by atoms with Crippen LogP contribution in [0.4, 0.5) is 0 Å². The van der Waals surface area contributed by atoms with Gasteiger partial charge in [0.05, 0.1) is 6.61 Å². The Hall–Kier alpha value is -0.980. The van der Waals surface area contributed by atoms with E-state index in [1.54, 1.807) is 0 Å². The molecule has 0 radical (unpaired) electrons. The molecule has 0 saturated heterocycles. The van der Waals surface area contributed by atoms with Gasteiger partial charge in [-0.2, -0.15) is 0 Å². The van der Waals surface area contributed by atoms with Crippen LogP contribution in [0.3, 0.4) is 0 Å². The molecule has 0 saturated carbocycles. The highest BCUT2D eigenvalue weighted by atomic mass is 31.2. The van der Waals surface area contributed by atoms with E-state index in [2.05, 4.69) is 81.4 Å². The predicted octanol–water partition coefficient (Wildman–Crippen LogP) is 6.50. The van der Waals surface area contributed by atoms with Crippen molar-refractivity contribution in [3.8, 4) is 0 Å². The Balaban J connectivity index is 2.90. The first-order valence-corrected chi connectivity index (χ1v) is 11.3. The standard InChI is InChI=1S/C22H37N2O2P/c1-8-20(6)16-22(21-12-10-9-11-13-21)17-26-27(25-15-14-23-7)24(18(2)3)19(4)5/h9-13,18-20,22H,8,14-17H2,1-6H3. The molecule has 1 rings (SSSR count). The van der Waals surface area contributed by atoms with Crippen molar-refractivity contribution in [3.63, 3.8) is 0 Å². The number of hydrogen-bond acceptors (Lipinski definition) is 3. The lowest BCUT2D eigenvalue weighted by molar-refractivity contribution is 0.167. The molecular weight excluding hydrogens is 355 g/mol. The van der Waals surface area contributed by atoms with Gasteiger partial charge >= 0.3 is 0 Å². The fourth-order valence-corrected chi connectivity index (χ4v) is 4.78. The summed E-state index contributed by atoms with van der Waals surface area (Å²) in [7, 11) is -1.18. The number of benzene rings is 1. The van der Waals surface area contributed by atoms with E-state index in [-0.39, 0.29) is 0 Å². The van der Waals surface area contributed by atoms with Crippen molar-refractivity contribution in [1.29, 1.82) is 0 Å². The zero-order valence-electron chi connectivity index (χ0n) is 17.9. The van der Waals surface area contributed by atoms with Gasteiger partial charge in [-0.25, -0.2) is 11.2 Å². The van der Waals surface area contributed by atoms with Crippen LogP contribution in [-0.2, 0) is 9.05 Å². The van der Waals surface area contributed by atoms with E-state index < -0.39 is 8.53 Å². The first-order chi connectivity index (χ1) is 12.9. The fourth-order valence-electron chi connectivity index (χ4n) is 3.14. The Morgan fingerprint density at radius 2 is 1.67 bits per heavy atom. The molecule has 1 aromatic carbocycles. The molecule has 4 nitrogen and oxygen atoms in total. The average molecular weight is 393 g/mol. The van der Waals surface area contributed by atoms with Gasteiger partial charge in [0.2, 0.25) is 6.54 Å². The minimum atomic E-state index is -1.18. The molecule has 3 atom stereocenters. The summed E-state index contributed by atoms with van der Waals surface area (Å²) < 4.78 is 14.7. The molecule has 0 aromatic heterocycles. The fraction of sp³-hybridized carbons (Fsp3) is 0.682. The van der Waals surface area contributed by atoms with E-state index in [9.17, 15) is 0 Å². The van der Waals surface area contributed by atoms with Gasteiger partial charge in [-0.3, -0.25) is 0 Å². The monoisotopic (exact) mass is 392 g/mol. The Morgan fingerprint density at radius 1 is 1.04 bits per heavy atom. The van der Waals surface area contributed by atoms with Crippen LogP contribution in [0.25, 0.3) is 4.85 Å². The minimum Gasteiger partial charge on any atom is -0.321 e. The van der Waals surface area contributed by atoms with E-state index in [0.717, 1.165) is 6.42 Å². The Morgan fingerprint density at radius 3 is 2.19 bits per heavy atom. The molecule has 0 N–H and O–H groups in total. The lowest BCUT2D eigenvalue weighted by Gasteiger charge is -2.36. The summed E-state index contributed by atoms with van der Waals surface area (Å²) in [6, 6.07) is 11.3. The van der Waals surface area contributed by atoms with Gasteiger partial charge < -0.3 is 13.9 Å². The first-order valence-electron chi connectivity index (χ1n) is 10.1. The molecule has 0 aliphatic heterocycles. The van der Waals surface area contributed by atoms with Crippen LogP contribution in [0.1, 0.15) is 65.9 Å². The zero-order valence-corrected chi connectivity index (χ0v) is 18.8. The van der Waals surface area contributed by atoms with Gasteiger partial charge in [0.15, 0.2) is 0 Å². The molecule has 1 aromatic rings. The summed E-state index contributed by atoms with van der Waals surface area (Å²) in [6.07, 6.45) is 2.28. The number of rotatable bonds is 13. The van der Waals surface area contributed by atoms with Gasteiger partial charge in [0, 0.05) is 18.0 Å². The van der Waals surface area contributed by atoms with Gasteiger partial charge in [0.25, 0.3) is 8.53 Å². The topological polar surface area (TPSA) is 26.1 Å². The molecule has 0 bridgehead atoms. The Labute approximate surface area is 168 Å². The highest BCUT2D eigenvalue weighted by Gasteiger charge is 2.28. The summed E-state index contributed by atoms with van der Waals surface area (Å²) >= 11 is 0. The smallest absolute Gasteiger partial charge is 0.259 e. The van der Waals surface area contributed by atoms with Crippen LogP contribution < -0.4 is 0 Å². The van der Waals surface area contributed by atoms with Gasteiger partial charge in [-0.05, 0) is 45.6 Å². The quantitative estimate of drug-likeness (QED) is 0.218. The average Bonchev–Trinajstić information content (AvgIpc) is 2.64. The van der Waals surface area contributed by atoms with Crippen molar-refractivity contribution < 1.29 is 9.05 Å². The summed E-state index contributed by atoms with van der Waals surface area (Å²) in [5.41, 5.74) is 1.33. The summed E-state index contributed by atoms with van der Waals surface area (Å²) in [5.74, 6) is 1.01. The highest BCUT2D eigenvalue weighted by molar-refractivity contribution is 7.44. The van der Waals surface area contributed by atoms with Crippen LogP contribution in [0.5, 0.6) is 0 Å². The van der Waals surface area contributed by atoms with Crippen LogP contribution in [0, 0.1) is 12.5 Å². The van der Waals surface area contributed by atoms with Crippen molar-refractivity contribution in [3.05, 3.63) is 47.3 Å². The van der Waals surface area contributed by atoms with E-state index in [1.165, 1.54) is 12.0 Å². The summed E-state index contributed by atoms with van der Waals surface area (Å²) in [5, 5.41) is 0. The highest BCUT2D eigenvalue weighted by Crippen LogP contribution is 2.47. The molecule has 3 unspecified atom stereocenters. The third-order valence-corrected chi connectivity index (χ3v) is 6.77. The lowest BCUT2D eigenvalue weighted by atomic mass is 9.89. The van der Waals surface area contributed by atoms with Gasteiger partial charge in [-0.15, -0.1) is 0 Å². The second-order valence-electron chi connectivity index (χ2n) is 7.67. The molecule has 5 heteroatoms. The normalized spacial score (nSPS) is 15.1. The molecule has 0 aliphatic carbocycles. The third-order valence-electron chi connectivity index (χ3n) is 4.69. The number of nitrogens with zero attached hydrogens (tertiary/aromatic N) is 2. The van der Waals surface area contributed by atoms with Crippen molar-refractivity contribution in [2.45, 2.75) is 72.4 Å². The Bertz CT molecular complexity index is 537. The number of hydrogen-bond donors (Lipinski definition) is 0. The van der Waals surface area contributed by atoms with E-state index in [4.69, 9.17) is 15.6 Å². The molecule has 0 fully saturated rings. The molecule has 27 heavy (non-hydrogen) atoms. The summed E-state index contributed by atoms with van der Waals surface area (Å²) in [4.78, 5) is 3.41. The van der Waals surface area contributed by atoms with Gasteiger partial charge in [0.1, 0.15) is 6.61 Å². The minimum absolute atomic E-state index is 0.328.